The van der Waals surface area contributed by atoms with Crippen LogP contribution in [0.2, 0.25) is 0 Å². The Kier molecular flexibility index (Phi) is 2.87. The zero-order valence-electron chi connectivity index (χ0n) is 8.18. The van der Waals surface area contributed by atoms with Crippen LogP contribution in [0.4, 0.5) is 0 Å². The molecule has 0 radical (unpaired) electrons. The van der Waals surface area contributed by atoms with Gasteiger partial charge in [-0.2, -0.15) is 0 Å². The van der Waals surface area contributed by atoms with Crippen molar-refractivity contribution in [3.8, 4) is 11.5 Å². The van der Waals surface area contributed by atoms with Crippen molar-refractivity contribution in [2.45, 2.75) is 12.8 Å². The van der Waals surface area contributed by atoms with Crippen molar-refractivity contribution in [2.75, 3.05) is 0 Å². The highest BCUT2D eigenvalue weighted by molar-refractivity contribution is 6.17. The second-order valence-corrected chi connectivity index (χ2v) is 3.30. The Morgan fingerprint density at radius 1 is 1.20 bits per heavy atom. The van der Waals surface area contributed by atoms with Crippen molar-refractivity contribution in [1.29, 1.82) is 0 Å². The third-order valence-electron chi connectivity index (χ3n) is 2.02. The molecule has 5 heteroatoms. The molecule has 0 unspecified atom stereocenters. The predicted octanol–water partition coefficient (Wildman–Crippen LogP) is 1.98. The molecule has 0 bridgehead atoms. The Morgan fingerprint density at radius 3 is 2.67 bits per heavy atom. The van der Waals surface area contributed by atoms with Crippen LogP contribution in [0.25, 0.3) is 11.5 Å². The van der Waals surface area contributed by atoms with Crippen LogP contribution < -0.4 is 0 Å². The van der Waals surface area contributed by atoms with Gasteiger partial charge >= 0.3 is 0 Å². The quantitative estimate of drug-likeness (QED) is 0.727. The highest BCUT2D eigenvalue weighted by Gasteiger charge is 2.05. The van der Waals surface area contributed by atoms with Crippen LogP contribution in [0.15, 0.2) is 24.8 Å². The van der Waals surface area contributed by atoms with Crippen LogP contribution in [0.3, 0.4) is 0 Å². The molecule has 0 saturated carbocycles. The highest BCUT2D eigenvalue weighted by atomic mass is 35.5. The van der Waals surface area contributed by atoms with Crippen LogP contribution in [-0.4, -0.2) is 19.9 Å². The molecule has 0 aromatic carbocycles. The third-order valence-corrected chi connectivity index (χ3v) is 2.31. The molecular formula is C10H9ClN4. The summed E-state index contributed by atoms with van der Waals surface area (Å²) in [5.74, 6) is 1.00. The Morgan fingerprint density at radius 2 is 2.07 bits per heavy atom. The van der Waals surface area contributed by atoms with E-state index in [0.29, 0.717) is 17.4 Å². The van der Waals surface area contributed by atoms with Crippen molar-refractivity contribution < 1.29 is 0 Å². The number of aromatic nitrogens is 4. The van der Waals surface area contributed by atoms with Crippen molar-refractivity contribution in [2.24, 2.45) is 0 Å². The Hall–Kier alpha value is -1.55. The number of alkyl halides is 1. The number of hydrogen-bond donors (Lipinski definition) is 0. The summed E-state index contributed by atoms with van der Waals surface area (Å²) in [4.78, 5) is 16.6. The van der Waals surface area contributed by atoms with E-state index >= 15 is 0 Å². The van der Waals surface area contributed by atoms with Crippen LogP contribution in [-0.2, 0) is 5.88 Å². The van der Waals surface area contributed by atoms with Gasteiger partial charge in [-0.05, 0) is 6.92 Å². The zero-order valence-corrected chi connectivity index (χ0v) is 8.94. The van der Waals surface area contributed by atoms with Gasteiger partial charge in [0.1, 0.15) is 5.69 Å². The van der Waals surface area contributed by atoms with Gasteiger partial charge in [0.15, 0.2) is 5.82 Å². The van der Waals surface area contributed by atoms with Crippen LogP contribution >= 0.6 is 11.6 Å². The average molecular weight is 221 g/mol. The Bertz CT molecular complexity index is 458. The Labute approximate surface area is 92.4 Å². The van der Waals surface area contributed by atoms with Crippen LogP contribution in [0.5, 0.6) is 0 Å². The second kappa shape index (κ2) is 4.31. The molecule has 76 valence electrons. The molecule has 0 fully saturated rings. The third kappa shape index (κ3) is 2.10. The first-order valence-electron chi connectivity index (χ1n) is 4.46. The first kappa shape index (κ1) is 9.98. The molecule has 0 atom stereocenters. The molecule has 2 heterocycles. The minimum Gasteiger partial charge on any atom is -0.261 e. The molecule has 0 aliphatic carbocycles. The van der Waals surface area contributed by atoms with Gasteiger partial charge in [-0.25, -0.2) is 15.0 Å². The molecule has 0 spiro atoms. The van der Waals surface area contributed by atoms with Crippen molar-refractivity contribution in [3.63, 3.8) is 0 Å². The topological polar surface area (TPSA) is 51.6 Å². The molecule has 2 rings (SSSR count). The van der Waals surface area contributed by atoms with Crippen LogP contribution in [0.1, 0.15) is 11.3 Å². The SMILES string of the molecule is Cc1nc(-c2cnccn2)ncc1CCl. The highest BCUT2D eigenvalue weighted by Crippen LogP contribution is 2.13. The minimum absolute atomic E-state index is 0.423. The summed E-state index contributed by atoms with van der Waals surface area (Å²) >= 11 is 5.72. The van der Waals surface area contributed by atoms with Gasteiger partial charge in [-0.1, -0.05) is 0 Å². The van der Waals surface area contributed by atoms with Crippen molar-refractivity contribution in [1.82, 2.24) is 19.9 Å². The predicted molar refractivity (Wildman–Crippen MR) is 57.4 cm³/mol. The van der Waals surface area contributed by atoms with Gasteiger partial charge in [0, 0.05) is 29.8 Å². The molecule has 2 aromatic heterocycles. The van der Waals surface area contributed by atoms with E-state index in [1.165, 1.54) is 0 Å². The fraction of sp³-hybridized carbons (Fsp3) is 0.200. The minimum atomic E-state index is 0.423. The molecule has 0 N–H and O–H groups in total. The van der Waals surface area contributed by atoms with Crippen molar-refractivity contribution in [3.05, 3.63) is 36.0 Å². The number of rotatable bonds is 2. The number of halogens is 1. The van der Waals surface area contributed by atoms with Gasteiger partial charge in [0.05, 0.1) is 12.1 Å². The number of nitrogens with zero attached hydrogens (tertiary/aromatic N) is 4. The molecule has 15 heavy (non-hydrogen) atoms. The van der Waals surface area contributed by atoms with Crippen molar-refractivity contribution >= 4 is 11.6 Å². The largest absolute Gasteiger partial charge is 0.261 e. The smallest absolute Gasteiger partial charge is 0.179 e. The summed E-state index contributed by atoms with van der Waals surface area (Å²) in [5.41, 5.74) is 2.48. The first-order chi connectivity index (χ1) is 7.31. The van der Waals surface area contributed by atoms with E-state index in [9.17, 15) is 0 Å². The normalized spacial score (nSPS) is 10.3. The standard InChI is InChI=1S/C10H9ClN4/c1-7-8(4-11)5-14-10(15-7)9-6-12-2-3-13-9/h2-3,5-6H,4H2,1H3. The van der Waals surface area contributed by atoms with Gasteiger partial charge in [0.25, 0.3) is 0 Å². The zero-order chi connectivity index (χ0) is 10.7. The van der Waals surface area contributed by atoms with E-state index in [1.807, 2.05) is 6.92 Å². The number of hydrogen-bond acceptors (Lipinski definition) is 4. The molecule has 2 aromatic rings. The summed E-state index contributed by atoms with van der Waals surface area (Å²) < 4.78 is 0. The molecule has 0 amide bonds. The lowest BCUT2D eigenvalue weighted by Gasteiger charge is -2.02. The fourth-order valence-corrected chi connectivity index (χ4v) is 1.42. The maximum atomic E-state index is 5.72. The van der Waals surface area contributed by atoms with E-state index < -0.39 is 0 Å². The molecule has 0 saturated heterocycles. The molecule has 0 aliphatic rings. The lowest BCUT2D eigenvalue weighted by Crippen LogP contribution is -1.97. The summed E-state index contributed by atoms with van der Waals surface area (Å²) in [5, 5.41) is 0. The summed E-state index contributed by atoms with van der Waals surface area (Å²) in [6.07, 6.45) is 6.58. The van der Waals surface area contributed by atoms with Gasteiger partial charge in [0.2, 0.25) is 0 Å². The average Bonchev–Trinajstić information content (AvgIpc) is 2.30. The lowest BCUT2D eigenvalue weighted by atomic mass is 10.2. The summed E-state index contributed by atoms with van der Waals surface area (Å²) in [6.45, 7) is 1.90. The van der Waals surface area contributed by atoms with E-state index in [-0.39, 0.29) is 0 Å². The molecular weight excluding hydrogens is 212 g/mol. The van der Waals surface area contributed by atoms with Gasteiger partial charge in [-0.15, -0.1) is 11.6 Å². The lowest BCUT2D eigenvalue weighted by molar-refractivity contribution is 1.04. The first-order valence-corrected chi connectivity index (χ1v) is 4.99. The van der Waals surface area contributed by atoms with E-state index in [0.717, 1.165) is 11.3 Å². The molecule has 4 nitrogen and oxygen atoms in total. The second-order valence-electron chi connectivity index (χ2n) is 3.03. The maximum absolute atomic E-state index is 5.72. The van der Waals surface area contributed by atoms with Gasteiger partial charge in [-0.3, -0.25) is 4.98 Å². The van der Waals surface area contributed by atoms with E-state index in [1.54, 1.807) is 24.8 Å². The van der Waals surface area contributed by atoms with Gasteiger partial charge < -0.3 is 0 Å². The summed E-state index contributed by atoms with van der Waals surface area (Å²) in [6, 6.07) is 0. The summed E-state index contributed by atoms with van der Waals surface area (Å²) in [7, 11) is 0. The monoisotopic (exact) mass is 220 g/mol. The molecule has 0 aliphatic heterocycles. The maximum Gasteiger partial charge on any atom is 0.179 e. The van der Waals surface area contributed by atoms with Crippen LogP contribution in [0, 0.1) is 6.92 Å². The fourth-order valence-electron chi connectivity index (χ4n) is 1.16. The Balaban J connectivity index is 2.43. The van der Waals surface area contributed by atoms with E-state index in [4.69, 9.17) is 11.6 Å². The van der Waals surface area contributed by atoms with E-state index in [2.05, 4.69) is 19.9 Å². The number of aryl methyl sites for hydroxylation is 1.